The molecule has 1 saturated heterocycles. The fraction of sp³-hybridized carbons (Fsp3) is 0.450. The highest BCUT2D eigenvalue weighted by molar-refractivity contribution is 5.73. The van der Waals surface area contributed by atoms with E-state index in [0.717, 1.165) is 24.4 Å². The summed E-state index contributed by atoms with van der Waals surface area (Å²) in [5, 5.41) is 2.99. The largest absolute Gasteiger partial charge is 0.468 e. The Labute approximate surface area is 153 Å². The van der Waals surface area contributed by atoms with Crippen LogP contribution in [-0.4, -0.2) is 42.5 Å². The molecule has 6 heteroatoms. The molecule has 2 aromatic rings. The van der Waals surface area contributed by atoms with Crippen LogP contribution in [0.15, 0.2) is 47.1 Å². The smallest absolute Gasteiger partial charge is 0.317 e. The molecule has 1 fully saturated rings. The van der Waals surface area contributed by atoms with Gasteiger partial charge in [-0.05, 0) is 55.8 Å². The van der Waals surface area contributed by atoms with Crippen LogP contribution >= 0.6 is 0 Å². The van der Waals surface area contributed by atoms with Gasteiger partial charge in [-0.15, -0.1) is 0 Å². The third kappa shape index (κ3) is 4.85. The number of carbonyl (C=O) groups is 1. The molecule has 0 spiro atoms. The van der Waals surface area contributed by atoms with Crippen molar-refractivity contribution in [2.45, 2.75) is 31.8 Å². The zero-order valence-corrected chi connectivity index (χ0v) is 15.2. The molecule has 1 aliphatic rings. The molecule has 3 rings (SSSR count). The van der Waals surface area contributed by atoms with E-state index in [0.29, 0.717) is 13.1 Å². The Morgan fingerprint density at radius 3 is 2.77 bits per heavy atom. The zero-order valence-electron chi connectivity index (χ0n) is 15.2. The minimum atomic E-state index is -0.292. The van der Waals surface area contributed by atoms with Crippen LogP contribution in [0, 0.1) is 5.82 Å². The maximum atomic E-state index is 13.3. The first-order valence-electron chi connectivity index (χ1n) is 9.14. The maximum absolute atomic E-state index is 13.3. The van der Waals surface area contributed by atoms with Gasteiger partial charge in [-0.3, -0.25) is 4.90 Å². The average Bonchev–Trinajstić information content (AvgIpc) is 3.17. The molecule has 26 heavy (non-hydrogen) atoms. The van der Waals surface area contributed by atoms with Gasteiger partial charge in [-0.1, -0.05) is 18.6 Å². The summed E-state index contributed by atoms with van der Waals surface area (Å²) >= 11 is 0. The minimum absolute atomic E-state index is 0.0387. The van der Waals surface area contributed by atoms with Gasteiger partial charge >= 0.3 is 6.03 Å². The Morgan fingerprint density at radius 2 is 2.08 bits per heavy atom. The molecule has 1 atom stereocenters. The van der Waals surface area contributed by atoms with Crippen LogP contribution in [0.3, 0.4) is 0 Å². The van der Waals surface area contributed by atoms with Crippen molar-refractivity contribution in [1.82, 2.24) is 15.1 Å². The molecular weight excluding hydrogens is 333 g/mol. The van der Waals surface area contributed by atoms with E-state index >= 15 is 0 Å². The Hall–Kier alpha value is -2.34. The lowest BCUT2D eigenvalue weighted by Gasteiger charge is -2.33. The van der Waals surface area contributed by atoms with Gasteiger partial charge in [0.2, 0.25) is 0 Å². The van der Waals surface area contributed by atoms with Gasteiger partial charge in [-0.2, -0.15) is 0 Å². The van der Waals surface area contributed by atoms with E-state index in [4.69, 9.17) is 4.42 Å². The highest BCUT2D eigenvalue weighted by Gasteiger charge is 2.25. The summed E-state index contributed by atoms with van der Waals surface area (Å²) < 4.78 is 18.9. The summed E-state index contributed by atoms with van der Waals surface area (Å²) in [6.07, 6.45) is 5.27. The number of likely N-dealkylation sites (tertiary alicyclic amines) is 1. The topological polar surface area (TPSA) is 48.7 Å². The van der Waals surface area contributed by atoms with Gasteiger partial charge in [0.1, 0.15) is 11.6 Å². The molecule has 0 bridgehead atoms. The summed E-state index contributed by atoms with van der Waals surface area (Å²) in [6, 6.07) is 10.0. The van der Waals surface area contributed by atoms with Crippen molar-refractivity contribution in [1.29, 1.82) is 0 Å². The van der Waals surface area contributed by atoms with Crippen molar-refractivity contribution in [2.24, 2.45) is 0 Å². The second-order valence-electron chi connectivity index (χ2n) is 6.80. The molecule has 2 amide bonds. The molecule has 2 heterocycles. The number of furan rings is 1. The predicted octanol–water partition coefficient (Wildman–Crippen LogP) is 3.79. The van der Waals surface area contributed by atoms with Gasteiger partial charge in [0.25, 0.3) is 0 Å². The Kier molecular flexibility index (Phi) is 6.28. The van der Waals surface area contributed by atoms with Crippen LogP contribution in [0.4, 0.5) is 9.18 Å². The van der Waals surface area contributed by atoms with Crippen molar-refractivity contribution < 1.29 is 13.6 Å². The molecular formula is C20H26FN3O2. The van der Waals surface area contributed by atoms with E-state index in [9.17, 15) is 9.18 Å². The molecule has 5 nitrogen and oxygen atoms in total. The number of nitrogens with zero attached hydrogens (tertiary/aromatic N) is 2. The van der Waals surface area contributed by atoms with E-state index in [1.165, 1.54) is 31.4 Å². The fourth-order valence-corrected chi connectivity index (χ4v) is 3.42. The van der Waals surface area contributed by atoms with E-state index in [2.05, 4.69) is 10.2 Å². The highest BCUT2D eigenvalue weighted by atomic mass is 19.1. The predicted molar refractivity (Wildman–Crippen MR) is 98.1 cm³/mol. The first-order valence-corrected chi connectivity index (χ1v) is 9.14. The summed E-state index contributed by atoms with van der Waals surface area (Å²) in [5.74, 6) is 0.583. The second-order valence-corrected chi connectivity index (χ2v) is 6.80. The van der Waals surface area contributed by atoms with Crippen LogP contribution in [0.25, 0.3) is 0 Å². The SMILES string of the molecule is CN(Cc1cccc(F)c1)C(=O)NCC(c1ccco1)N1CCCCC1. The lowest BCUT2D eigenvalue weighted by atomic mass is 10.1. The standard InChI is InChI=1S/C20H26FN3O2/c1-23(15-16-7-5-8-17(21)13-16)20(25)22-14-18(19-9-6-12-26-19)24-10-3-2-4-11-24/h5-9,12-13,18H,2-4,10-11,14-15H2,1H3,(H,22,25). The second kappa shape index (κ2) is 8.85. The van der Waals surface area contributed by atoms with E-state index < -0.39 is 0 Å². The lowest BCUT2D eigenvalue weighted by molar-refractivity contribution is 0.140. The maximum Gasteiger partial charge on any atom is 0.317 e. The molecule has 1 aromatic heterocycles. The molecule has 0 aliphatic carbocycles. The Bertz CT molecular complexity index is 699. The van der Waals surface area contributed by atoms with Crippen molar-refractivity contribution in [3.05, 3.63) is 59.8 Å². The first kappa shape index (κ1) is 18.5. The van der Waals surface area contributed by atoms with Gasteiger partial charge < -0.3 is 14.6 Å². The van der Waals surface area contributed by atoms with Crippen LogP contribution < -0.4 is 5.32 Å². The normalized spacial score (nSPS) is 16.2. The fourth-order valence-electron chi connectivity index (χ4n) is 3.42. The molecule has 1 aliphatic heterocycles. The van der Waals surface area contributed by atoms with E-state index in [1.807, 2.05) is 18.2 Å². The average molecular weight is 359 g/mol. The molecule has 140 valence electrons. The number of nitrogens with one attached hydrogen (secondary N) is 1. The molecule has 1 N–H and O–H groups in total. The summed E-state index contributed by atoms with van der Waals surface area (Å²) in [4.78, 5) is 16.4. The van der Waals surface area contributed by atoms with Crippen LogP contribution in [-0.2, 0) is 6.54 Å². The van der Waals surface area contributed by atoms with Gasteiger partial charge in [0.15, 0.2) is 0 Å². The lowest BCUT2D eigenvalue weighted by Crippen LogP contribution is -2.44. The first-order chi connectivity index (χ1) is 12.6. The third-order valence-corrected chi connectivity index (χ3v) is 4.81. The van der Waals surface area contributed by atoms with Crippen molar-refractivity contribution >= 4 is 6.03 Å². The molecule has 1 unspecified atom stereocenters. The quantitative estimate of drug-likeness (QED) is 0.854. The third-order valence-electron chi connectivity index (χ3n) is 4.81. The number of piperidine rings is 1. The number of hydrogen-bond donors (Lipinski definition) is 1. The molecule has 1 aromatic carbocycles. The number of benzene rings is 1. The molecule has 0 radical (unpaired) electrons. The minimum Gasteiger partial charge on any atom is -0.468 e. The number of carbonyl (C=O) groups excluding carboxylic acids is 1. The van der Waals surface area contributed by atoms with Crippen molar-refractivity contribution in [3.63, 3.8) is 0 Å². The molecule has 0 saturated carbocycles. The summed E-state index contributed by atoms with van der Waals surface area (Å²) in [6.45, 7) is 2.87. The van der Waals surface area contributed by atoms with E-state index in [-0.39, 0.29) is 17.9 Å². The number of amides is 2. The van der Waals surface area contributed by atoms with Crippen LogP contribution in [0.2, 0.25) is 0 Å². The number of urea groups is 1. The van der Waals surface area contributed by atoms with Gasteiger partial charge in [0.05, 0.1) is 12.3 Å². The summed E-state index contributed by atoms with van der Waals surface area (Å²) in [7, 11) is 1.71. The van der Waals surface area contributed by atoms with E-state index in [1.54, 1.807) is 24.3 Å². The summed E-state index contributed by atoms with van der Waals surface area (Å²) in [5.41, 5.74) is 0.765. The Balaban J connectivity index is 1.58. The monoisotopic (exact) mass is 359 g/mol. The van der Waals surface area contributed by atoms with Crippen LogP contribution in [0.1, 0.15) is 36.6 Å². The van der Waals surface area contributed by atoms with Crippen LogP contribution in [0.5, 0.6) is 0 Å². The Morgan fingerprint density at radius 1 is 1.27 bits per heavy atom. The van der Waals surface area contributed by atoms with Crippen molar-refractivity contribution in [3.8, 4) is 0 Å². The number of rotatable bonds is 6. The van der Waals surface area contributed by atoms with Crippen molar-refractivity contribution in [2.75, 3.05) is 26.7 Å². The van der Waals surface area contributed by atoms with Gasteiger partial charge in [0, 0.05) is 20.1 Å². The zero-order chi connectivity index (χ0) is 18.4. The van der Waals surface area contributed by atoms with Gasteiger partial charge in [-0.25, -0.2) is 9.18 Å². The number of halogens is 1. The highest BCUT2D eigenvalue weighted by Crippen LogP contribution is 2.24. The number of hydrogen-bond acceptors (Lipinski definition) is 3.